The Morgan fingerprint density at radius 2 is 1.97 bits per heavy atom. The predicted molar refractivity (Wildman–Crippen MR) is 137 cm³/mol. The minimum absolute atomic E-state index is 0.147. The van der Waals surface area contributed by atoms with Gasteiger partial charge in [0.15, 0.2) is 17.4 Å². The molecule has 1 fully saturated rings. The fourth-order valence-electron chi connectivity index (χ4n) is 4.42. The van der Waals surface area contributed by atoms with E-state index in [0.717, 1.165) is 49.6 Å². The first-order valence-electron chi connectivity index (χ1n) is 12.4. The Hall–Kier alpha value is -3.03. The van der Waals surface area contributed by atoms with Crippen molar-refractivity contribution in [2.45, 2.75) is 46.2 Å². The molecule has 2 heterocycles. The maximum atomic E-state index is 12.6. The minimum Gasteiger partial charge on any atom is -0.497 e. The SMILES string of the molecule is COc1cccc(-c2nc(-c3ccc(CCN4CCOCC4C)cc3)nn2CC(=O)CC(C)C)c1. The summed E-state index contributed by atoms with van der Waals surface area (Å²) < 4.78 is 12.7. The molecule has 1 aliphatic heterocycles. The van der Waals surface area contributed by atoms with Crippen LogP contribution in [0.25, 0.3) is 22.8 Å². The number of ether oxygens (including phenoxy) is 2. The van der Waals surface area contributed by atoms with Crippen LogP contribution in [-0.4, -0.2) is 64.9 Å². The summed E-state index contributed by atoms with van der Waals surface area (Å²) in [6.07, 6.45) is 1.51. The zero-order valence-corrected chi connectivity index (χ0v) is 21.2. The lowest BCUT2D eigenvalue weighted by molar-refractivity contribution is -0.120. The van der Waals surface area contributed by atoms with Crippen molar-refractivity contribution in [1.82, 2.24) is 19.7 Å². The Bertz CT molecular complexity index is 1120. The largest absolute Gasteiger partial charge is 0.497 e. The molecule has 3 aromatic rings. The fourth-order valence-corrected chi connectivity index (χ4v) is 4.42. The van der Waals surface area contributed by atoms with E-state index in [1.165, 1.54) is 5.56 Å². The van der Waals surface area contributed by atoms with E-state index < -0.39 is 0 Å². The highest BCUT2D eigenvalue weighted by molar-refractivity contribution is 5.79. The van der Waals surface area contributed by atoms with E-state index in [1.807, 2.05) is 24.3 Å². The quantitative estimate of drug-likeness (QED) is 0.429. The van der Waals surface area contributed by atoms with Crippen LogP contribution in [0.15, 0.2) is 48.5 Å². The summed E-state index contributed by atoms with van der Waals surface area (Å²) in [4.78, 5) is 19.9. The predicted octanol–water partition coefficient (Wildman–Crippen LogP) is 4.50. The van der Waals surface area contributed by atoms with Crippen molar-refractivity contribution in [1.29, 1.82) is 0 Å². The lowest BCUT2D eigenvalue weighted by Crippen LogP contribution is -2.44. The molecule has 0 radical (unpaired) electrons. The summed E-state index contributed by atoms with van der Waals surface area (Å²) in [5, 5.41) is 4.74. The first-order chi connectivity index (χ1) is 16.9. The third-order valence-electron chi connectivity index (χ3n) is 6.37. The maximum absolute atomic E-state index is 12.6. The van der Waals surface area contributed by atoms with Crippen molar-refractivity contribution in [2.75, 3.05) is 33.4 Å². The first-order valence-corrected chi connectivity index (χ1v) is 12.4. The molecule has 0 amide bonds. The van der Waals surface area contributed by atoms with Crippen LogP contribution in [0.5, 0.6) is 5.75 Å². The lowest BCUT2D eigenvalue weighted by Gasteiger charge is -2.33. The van der Waals surface area contributed by atoms with Crippen molar-refractivity contribution in [3.63, 3.8) is 0 Å². The van der Waals surface area contributed by atoms with Crippen LogP contribution in [0.1, 0.15) is 32.8 Å². The number of nitrogens with zero attached hydrogens (tertiary/aromatic N) is 4. The zero-order chi connectivity index (χ0) is 24.8. The van der Waals surface area contributed by atoms with Gasteiger partial charge in [0.25, 0.3) is 0 Å². The summed E-state index contributed by atoms with van der Waals surface area (Å²) in [7, 11) is 1.64. The van der Waals surface area contributed by atoms with E-state index >= 15 is 0 Å². The Balaban J connectivity index is 1.55. The van der Waals surface area contributed by atoms with Gasteiger partial charge in [-0.1, -0.05) is 50.2 Å². The van der Waals surface area contributed by atoms with Gasteiger partial charge in [0.1, 0.15) is 12.3 Å². The molecule has 0 spiro atoms. The fraction of sp³-hybridized carbons (Fsp3) is 0.464. The smallest absolute Gasteiger partial charge is 0.181 e. The van der Waals surface area contributed by atoms with Crippen LogP contribution in [0.2, 0.25) is 0 Å². The third kappa shape index (κ3) is 6.55. The molecule has 0 saturated carbocycles. The highest BCUT2D eigenvalue weighted by atomic mass is 16.5. The molecule has 7 nitrogen and oxygen atoms in total. The Kier molecular flexibility index (Phi) is 8.31. The van der Waals surface area contributed by atoms with Crippen LogP contribution >= 0.6 is 0 Å². The molecular weight excluding hydrogens is 440 g/mol. The van der Waals surface area contributed by atoms with Crippen molar-refractivity contribution in [3.8, 4) is 28.5 Å². The Morgan fingerprint density at radius 3 is 2.69 bits per heavy atom. The van der Waals surface area contributed by atoms with Gasteiger partial charge < -0.3 is 9.47 Å². The normalized spacial score (nSPS) is 16.5. The van der Waals surface area contributed by atoms with Gasteiger partial charge in [-0.3, -0.25) is 9.69 Å². The second-order valence-electron chi connectivity index (χ2n) is 9.69. The van der Waals surface area contributed by atoms with E-state index in [9.17, 15) is 4.79 Å². The molecule has 186 valence electrons. The number of methoxy groups -OCH3 is 1. The number of ketones is 1. The molecule has 2 aromatic carbocycles. The van der Waals surface area contributed by atoms with Crippen LogP contribution < -0.4 is 4.74 Å². The highest BCUT2D eigenvalue weighted by Crippen LogP contribution is 2.26. The van der Waals surface area contributed by atoms with E-state index in [2.05, 4.69) is 49.9 Å². The van der Waals surface area contributed by atoms with Crippen LogP contribution in [0, 0.1) is 5.92 Å². The van der Waals surface area contributed by atoms with Gasteiger partial charge in [-0.25, -0.2) is 9.67 Å². The Morgan fingerprint density at radius 1 is 1.17 bits per heavy atom. The molecule has 1 atom stereocenters. The topological polar surface area (TPSA) is 69.5 Å². The van der Waals surface area contributed by atoms with Gasteiger partial charge in [-0.15, -0.1) is 5.10 Å². The second kappa shape index (κ2) is 11.6. The molecule has 1 unspecified atom stereocenters. The van der Waals surface area contributed by atoms with E-state index in [1.54, 1.807) is 11.8 Å². The lowest BCUT2D eigenvalue weighted by atomic mass is 10.1. The molecule has 1 saturated heterocycles. The molecule has 7 heteroatoms. The van der Waals surface area contributed by atoms with Crippen molar-refractivity contribution in [2.24, 2.45) is 5.92 Å². The second-order valence-corrected chi connectivity index (χ2v) is 9.69. The third-order valence-corrected chi connectivity index (χ3v) is 6.37. The van der Waals surface area contributed by atoms with Crippen LogP contribution in [-0.2, 0) is 22.5 Å². The summed E-state index contributed by atoms with van der Waals surface area (Å²) in [6.45, 7) is 10.2. The van der Waals surface area contributed by atoms with Crippen LogP contribution in [0.3, 0.4) is 0 Å². The van der Waals surface area contributed by atoms with Gasteiger partial charge in [-0.2, -0.15) is 0 Å². The number of hydrogen-bond acceptors (Lipinski definition) is 6. The number of carbonyl (C=O) groups is 1. The molecule has 0 N–H and O–H groups in total. The van der Waals surface area contributed by atoms with Crippen molar-refractivity contribution >= 4 is 5.78 Å². The molecule has 35 heavy (non-hydrogen) atoms. The summed E-state index contributed by atoms with van der Waals surface area (Å²) >= 11 is 0. The zero-order valence-electron chi connectivity index (χ0n) is 21.2. The standard InChI is InChI=1S/C28H36N4O3/c1-20(2)16-25(33)18-32-28(24-6-5-7-26(17-24)34-4)29-27(30-32)23-10-8-22(9-11-23)12-13-31-14-15-35-19-21(31)3/h5-11,17,20-21H,12-16,18-19H2,1-4H3. The summed E-state index contributed by atoms with van der Waals surface area (Å²) in [6, 6.07) is 16.6. The molecule has 1 aliphatic rings. The number of Topliss-reactive ketones (excluding diaryl/α,β-unsaturated/α-hetero) is 1. The average Bonchev–Trinajstić information content (AvgIpc) is 3.27. The highest BCUT2D eigenvalue weighted by Gasteiger charge is 2.19. The molecule has 4 rings (SSSR count). The monoisotopic (exact) mass is 476 g/mol. The van der Waals surface area contributed by atoms with Gasteiger partial charge in [0.2, 0.25) is 0 Å². The first kappa shape index (κ1) is 25.1. The van der Waals surface area contributed by atoms with Gasteiger partial charge >= 0.3 is 0 Å². The average molecular weight is 477 g/mol. The Labute approximate surface area is 208 Å². The minimum atomic E-state index is 0.147. The summed E-state index contributed by atoms with van der Waals surface area (Å²) in [5.41, 5.74) is 3.09. The van der Waals surface area contributed by atoms with E-state index in [4.69, 9.17) is 19.6 Å². The molecular formula is C28H36N4O3. The van der Waals surface area contributed by atoms with Crippen molar-refractivity contribution in [3.05, 3.63) is 54.1 Å². The number of carbonyl (C=O) groups excluding carboxylic acids is 1. The molecule has 0 bridgehead atoms. The number of morpholine rings is 1. The number of benzene rings is 2. The molecule has 0 aliphatic carbocycles. The number of aromatic nitrogens is 3. The van der Waals surface area contributed by atoms with Gasteiger partial charge in [0, 0.05) is 36.7 Å². The molecule has 1 aromatic heterocycles. The van der Waals surface area contributed by atoms with Crippen LogP contribution in [0.4, 0.5) is 0 Å². The van der Waals surface area contributed by atoms with Crippen molar-refractivity contribution < 1.29 is 14.3 Å². The summed E-state index contributed by atoms with van der Waals surface area (Å²) in [5.74, 6) is 2.48. The van der Waals surface area contributed by atoms with Gasteiger partial charge in [0.05, 0.1) is 20.3 Å². The van der Waals surface area contributed by atoms with E-state index in [-0.39, 0.29) is 12.3 Å². The number of rotatable bonds is 10. The number of hydrogen-bond donors (Lipinski definition) is 0. The van der Waals surface area contributed by atoms with E-state index in [0.29, 0.717) is 30.0 Å². The van der Waals surface area contributed by atoms with Gasteiger partial charge in [-0.05, 0) is 37.0 Å². The maximum Gasteiger partial charge on any atom is 0.181 e.